The number of methoxy groups -OCH3 is 1. The van der Waals surface area contributed by atoms with Crippen molar-refractivity contribution in [1.82, 2.24) is 19.7 Å². The quantitative estimate of drug-likeness (QED) is 0.106. The highest BCUT2D eigenvalue weighted by Gasteiger charge is 2.53. The Morgan fingerprint density at radius 3 is 2.51 bits per heavy atom. The molecule has 3 aromatic heterocycles. The van der Waals surface area contributed by atoms with Gasteiger partial charge in [-0.25, -0.2) is 14.8 Å². The summed E-state index contributed by atoms with van der Waals surface area (Å²) in [6, 6.07) is 17.3. The number of benzene rings is 2. The van der Waals surface area contributed by atoms with Crippen LogP contribution in [0.5, 0.6) is 0 Å². The second kappa shape index (κ2) is 16.3. The number of aromatic nitrogens is 4. The number of para-hydroxylation sites is 1. The summed E-state index contributed by atoms with van der Waals surface area (Å²) in [7, 11) is 1.68. The summed E-state index contributed by atoms with van der Waals surface area (Å²) in [5, 5.41) is 18.9. The summed E-state index contributed by atoms with van der Waals surface area (Å²) in [6.45, 7) is 10.8. The maximum absolute atomic E-state index is 13.6. The van der Waals surface area contributed by atoms with E-state index in [-0.39, 0.29) is 22.6 Å². The molecule has 12 nitrogen and oxygen atoms in total. The molecule has 2 fully saturated rings. The molecule has 2 saturated carbocycles. The Labute approximate surface area is 337 Å². The highest BCUT2D eigenvalue weighted by Crippen LogP contribution is 2.57. The summed E-state index contributed by atoms with van der Waals surface area (Å²) in [6.07, 6.45) is 7.75. The van der Waals surface area contributed by atoms with E-state index >= 15 is 0 Å². The van der Waals surface area contributed by atoms with Gasteiger partial charge in [-0.2, -0.15) is 5.10 Å². The maximum atomic E-state index is 13.6. The molecule has 2 N–H and O–H groups in total. The molecule has 8 rings (SSSR count). The lowest BCUT2D eigenvalue weighted by Gasteiger charge is -2.56. The van der Waals surface area contributed by atoms with E-state index in [2.05, 4.69) is 39.8 Å². The van der Waals surface area contributed by atoms with Crippen LogP contribution in [0, 0.1) is 24.2 Å². The number of pyridine rings is 1. The van der Waals surface area contributed by atoms with E-state index in [1.807, 2.05) is 55.5 Å². The second-order valence-electron chi connectivity index (χ2n) is 16.6. The summed E-state index contributed by atoms with van der Waals surface area (Å²) >= 11 is 1.44. The van der Waals surface area contributed by atoms with Gasteiger partial charge in [0.15, 0.2) is 10.8 Å². The average Bonchev–Trinajstić information content (AvgIpc) is 3.76. The fraction of sp³-hybridized carbons (Fsp3) is 0.477. The van der Waals surface area contributed by atoms with E-state index in [9.17, 15) is 14.7 Å². The SMILES string of the molecule is COCCOCCOC12CC(C)CC(Cn3ncc(-c4ccc(N5CCc6cccc(C(=O)Nc7nc8ccccc8s7)c6C5)nc4C(=O)O)c3C)(CC(C)C1)C2. The van der Waals surface area contributed by atoms with Crippen molar-refractivity contribution >= 4 is 44.4 Å². The van der Waals surface area contributed by atoms with Gasteiger partial charge in [0.2, 0.25) is 0 Å². The van der Waals surface area contributed by atoms with Crippen LogP contribution >= 0.6 is 11.3 Å². The van der Waals surface area contributed by atoms with Crippen molar-refractivity contribution < 1.29 is 28.9 Å². The highest BCUT2D eigenvalue weighted by atomic mass is 32.1. The number of hydrogen-bond acceptors (Lipinski definition) is 10. The summed E-state index contributed by atoms with van der Waals surface area (Å²) in [5.41, 5.74) is 5.47. The second-order valence-corrected chi connectivity index (χ2v) is 17.6. The van der Waals surface area contributed by atoms with Crippen LogP contribution in [0.4, 0.5) is 10.9 Å². The van der Waals surface area contributed by atoms with Gasteiger partial charge in [-0.15, -0.1) is 0 Å². The molecule has 13 heteroatoms. The van der Waals surface area contributed by atoms with Crippen molar-refractivity contribution in [2.24, 2.45) is 17.3 Å². The van der Waals surface area contributed by atoms with E-state index < -0.39 is 5.97 Å². The molecule has 1 aliphatic heterocycles. The topological polar surface area (TPSA) is 141 Å². The number of nitrogens with zero attached hydrogens (tertiary/aromatic N) is 5. The predicted octanol–water partition coefficient (Wildman–Crippen LogP) is 8.03. The largest absolute Gasteiger partial charge is 0.476 e. The first-order valence-electron chi connectivity index (χ1n) is 20.0. The maximum Gasteiger partial charge on any atom is 0.355 e. The Bertz CT molecular complexity index is 2220. The van der Waals surface area contributed by atoms with Gasteiger partial charge in [0.25, 0.3) is 5.91 Å². The first-order valence-corrected chi connectivity index (χ1v) is 20.9. The van der Waals surface area contributed by atoms with Crippen LogP contribution in [0.2, 0.25) is 0 Å². The van der Waals surface area contributed by atoms with Gasteiger partial charge < -0.3 is 24.2 Å². The van der Waals surface area contributed by atoms with Gasteiger partial charge >= 0.3 is 5.97 Å². The van der Waals surface area contributed by atoms with Crippen molar-refractivity contribution in [1.29, 1.82) is 0 Å². The van der Waals surface area contributed by atoms with Crippen LogP contribution in [0.1, 0.15) is 83.6 Å². The molecule has 2 bridgehead atoms. The first-order chi connectivity index (χ1) is 27.5. The third-order valence-corrected chi connectivity index (χ3v) is 13.0. The molecule has 57 heavy (non-hydrogen) atoms. The average molecular weight is 793 g/mol. The zero-order valence-corrected chi connectivity index (χ0v) is 34.1. The van der Waals surface area contributed by atoms with Gasteiger partial charge in [-0.3, -0.25) is 14.8 Å². The number of ether oxygens (including phenoxy) is 3. The number of anilines is 2. The number of carboxylic acids is 1. The predicted molar refractivity (Wildman–Crippen MR) is 221 cm³/mol. The van der Waals surface area contributed by atoms with Crippen molar-refractivity contribution in [2.45, 2.75) is 78.0 Å². The minimum atomic E-state index is -1.10. The van der Waals surface area contributed by atoms with E-state index in [1.165, 1.54) is 11.3 Å². The smallest absolute Gasteiger partial charge is 0.355 e. The number of amides is 1. The lowest BCUT2D eigenvalue weighted by Crippen LogP contribution is -2.53. The lowest BCUT2D eigenvalue weighted by atomic mass is 9.54. The number of carboxylic acid groups (broad SMARTS) is 1. The summed E-state index contributed by atoms with van der Waals surface area (Å²) in [5.74, 6) is 0.261. The number of rotatable bonds is 14. The molecule has 300 valence electrons. The van der Waals surface area contributed by atoms with E-state index in [0.717, 1.165) is 71.2 Å². The Morgan fingerprint density at radius 2 is 1.74 bits per heavy atom. The number of carbonyl (C=O) groups is 2. The Hall–Kier alpha value is -4.69. The molecule has 0 radical (unpaired) electrons. The molecule has 2 unspecified atom stereocenters. The van der Waals surface area contributed by atoms with Gasteiger partial charge in [0.1, 0.15) is 5.82 Å². The number of aromatic carboxylic acids is 1. The zero-order valence-electron chi connectivity index (χ0n) is 33.3. The molecular weight excluding hydrogens is 741 g/mol. The lowest BCUT2D eigenvalue weighted by molar-refractivity contribution is -0.169. The molecule has 3 aliphatic rings. The van der Waals surface area contributed by atoms with E-state index in [1.54, 1.807) is 13.3 Å². The number of nitrogens with one attached hydrogen (secondary N) is 1. The van der Waals surface area contributed by atoms with Gasteiger partial charge in [-0.05, 0) is 104 Å². The summed E-state index contributed by atoms with van der Waals surface area (Å²) in [4.78, 5) is 37.9. The van der Waals surface area contributed by atoms with Crippen molar-refractivity contribution in [3.8, 4) is 11.1 Å². The van der Waals surface area contributed by atoms with Crippen molar-refractivity contribution in [3.63, 3.8) is 0 Å². The van der Waals surface area contributed by atoms with E-state index in [4.69, 9.17) is 24.3 Å². The molecule has 2 atom stereocenters. The number of hydrogen-bond donors (Lipinski definition) is 2. The number of fused-ring (bicyclic) bond motifs is 4. The third kappa shape index (κ3) is 8.20. The van der Waals surface area contributed by atoms with Crippen molar-refractivity contribution in [2.75, 3.05) is 50.3 Å². The standard InChI is InChI=1S/C44H52N6O6S/c1-28-20-43(21-29(2)23-44(22-28,26-43)56-19-18-55-17-16-54-4)27-50-30(3)34(24-45-50)32-12-13-38(47-39(32)41(52)53)49-15-14-31-8-7-9-33(35(31)25-49)40(51)48-42-46-36-10-5-6-11-37(36)57-42/h5-13,24,28-29H,14-23,25-27H2,1-4H3,(H,52,53)(H,46,48,51). The van der Waals surface area contributed by atoms with Crippen LogP contribution in [0.25, 0.3) is 21.3 Å². The fourth-order valence-electron chi connectivity index (χ4n) is 10.2. The molecule has 0 saturated heterocycles. The van der Waals surface area contributed by atoms with Gasteiger partial charge in [-0.1, -0.05) is 49.4 Å². The fourth-order valence-corrected chi connectivity index (χ4v) is 11.1. The Kier molecular flexibility index (Phi) is 11.2. The minimum Gasteiger partial charge on any atom is -0.476 e. The van der Waals surface area contributed by atoms with Crippen LogP contribution in [0.3, 0.4) is 0 Å². The van der Waals surface area contributed by atoms with Crippen LogP contribution in [-0.2, 0) is 33.7 Å². The number of thiazole rings is 1. The highest BCUT2D eigenvalue weighted by molar-refractivity contribution is 7.22. The van der Waals surface area contributed by atoms with Crippen LogP contribution in [0.15, 0.2) is 60.8 Å². The number of carbonyl (C=O) groups excluding carboxylic acids is 1. The van der Waals surface area contributed by atoms with E-state index in [0.29, 0.717) is 79.8 Å². The van der Waals surface area contributed by atoms with Crippen molar-refractivity contribution in [3.05, 3.63) is 88.9 Å². The zero-order chi connectivity index (χ0) is 39.7. The molecule has 2 aromatic carbocycles. The molecule has 1 amide bonds. The molecule has 2 aliphatic carbocycles. The molecule has 5 aromatic rings. The monoisotopic (exact) mass is 792 g/mol. The van der Waals surface area contributed by atoms with Gasteiger partial charge in [0, 0.05) is 49.1 Å². The molecule has 4 heterocycles. The van der Waals surface area contributed by atoms with Crippen LogP contribution < -0.4 is 10.2 Å². The normalized spacial score (nSPS) is 23.1. The van der Waals surface area contributed by atoms with Crippen LogP contribution in [-0.4, -0.2) is 82.4 Å². The Morgan fingerprint density at radius 1 is 0.947 bits per heavy atom. The first kappa shape index (κ1) is 39.2. The summed E-state index contributed by atoms with van der Waals surface area (Å²) < 4.78 is 20.6. The Balaban J connectivity index is 1.00. The van der Waals surface area contributed by atoms with Gasteiger partial charge in [0.05, 0.1) is 48.4 Å². The molecular formula is C44H52N6O6S. The third-order valence-electron chi connectivity index (χ3n) is 12.1. The molecule has 0 spiro atoms. The minimum absolute atomic E-state index is 0.0151.